The molecule has 140 valence electrons. The Morgan fingerprint density at radius 1 is 1.31 bits per heavy atom. The Labute approximate surface area is 153 Å². The van der Waals surface area contributed by atoms with E-state index in [0.717, 1.165) is 31.2 Å². The van der Waals surface area contributed by atoms with Crippen LogP contribution in [0.15, 0.2) is 23.6 Å². The zero-order valence-corrected chi connectivity index (χ0v) is 15.2. The second-order valence-electron chi connectivity index (χ2n) is 5.90. The van der Waals surface area contributed by atoms with Crippen molar-refractivity contribution < 1.29 is 23.1 Å². The smallest absolute Gasteiger partial charge is 0.358 e. The van der Waals surface area contributed by atoms with E-state index in [1.165, 1.54) is 16.7 Å². The third-order valence-electron chi connectivity index (χ3n) is 3.25. The number of carbonyl (C=O) groups excluding carboxylic acids is 2. The molecule has 0 radical (unpaired) electrons. The van der Waals surface area contributed by atoms with Gasteiger partial charge in [0.2, 0.25) is 0 Å². The lowest BCUT2D eigenvalue weighted by Crippen LogP contribution is -2.21. The van der Waals surface area contributed by atoms with Crippen LogP contribution >= 0.6 is 11.3 Å². The third-order valence-corrected chi connectivity index (χ3v) is 4.05. The molecule has 0 aliphatic heterocycles. The Hall–Kier alpha value is -2.55. The maximum Gasteiger partial charge on any atom is 0.358 e. The number of benzene rings is 1. The van der Waals surface area contributed by atoms with E-state index in [2.05, 4.69) is 29.5 Å². The van der Waals surface area contributed by atoms with E-state index in [1.807, 2.05) is 0 Å². The lowest BCUT2D eigenvalue weighted by Gasteiger charge is -2.07. The molecular formula is C17H19F2N3O3S. The summed E-state index contributed by atoms with van der Waals surface area (Å²) in [7, 11) is 0. The van der Waals surface area contributed by atoms with Gasteiger partial charge >= 0.3 is 5.97 Å². The summed E-state index contributed by atoms with van der Waals surface area (Å²) in [4.78, 5) is 27.7. The molecule has 6 nitrogen and oxygen atoms in total. The fourth-order valence-electron chi connectivity index (χ4n) is 1.90. The van der Waals surface area contributed by atoms with Crippen LogP contribution in [0.1, 0.15) is 30.8 Å². The molecular weight excluding hydrogens is 364 g/mol. The molecule has 2 aromatic rings. The van der Waals surface area contributed by atoms with Crippen LogP contribution in [-0.2, 0) is 9.53 Å². The highest BCUT2D eigenvalue weighted by Gasteiger charge is 2.15. The van der Waals surface area contributed by atoms with Crippen molar-refractivity contribution in [3.05, 3.63) is 40.9 Å². The number of carbonyl (C=O) groups is 2. The Morgan fingerprint density at radius 3 is 2.81 bits per heavy atom. The van der Waals surface area contributed by atoms with Crippen molar-refractivity contribution in [1.29, 1.82) is 0 Å². The van der Waals surface area contributed by atoms with E-state index in [-0.39, 0.29) is 11.4 Å². The number of ether oxygens (including phenoxy) is 1. The molecule has 0 aliphatic rings. The number of hydrogen-bond acceptors (Lipinski definition) is 6. The van der Waals surface area contributed by atoms with E-state index >= 15 is 0 Å². The molecule has 0 bridgehead atoms. The van der Waals surface area contributed by atoms with E-state index in [0.29, 0.717) is 11.0 Å². The number of halogens is 2. The fraction of sp³-hybridized carbons (Fsp3) is 0.353. The summed E-state index contributed by atoms with van der Waals surface area (Å²) < 4.78 is 31.3. The van der Waals surface area contributed by atoms with Crippen LogP contribution in [0.4, 0.5) is 19.6 Å². The van der Waals surface area contributed by atoms with Gasteiger partial charge in [-0.1, -0.05) is 13.8 Å². The summed E-state index contributed by atoms with van der Waals surface area (Å²) in [5, 5.41) is 7.35. The largest absolute Gasteiger partial charge is 0.451 e. The highest BCUT2D eigenvalue weighted by atomic mass is 32.1. The zero-order valence-electron chi connectivity index (χ0n) is 14.3. The third kappa shape index (κ3) is 6.07. The maximum atomic E-state index is 13.4. The molecule has 2 rings (SSSR count). The number of nitrogens with zero attached hydrogens (tertiary/aromatic N) is 1. The number of aromatic nitrogens is 1. The predicted molar refractivity (Wildman–Crippen MR) is 95.3 cm³/mol. The molecule has 0 atom stereocenters. The zero-order chi connectivity index (χ0) is 19.1. The molecule has 0 fully saturated rings. The molecule has 0 saturated carbocycles. The first-order valence-corrected chi connectivity index (χ1v) is 8.84. The number of nitrogens with one attached hydrogen (secondary N) is 2. The van der Waals surface area contributed by atoms with Crippen LogP contribution in [0.3, 0.4) is 0 Å². The van der Waals surface area contributed by atoms with Gasteiger partial charge < -0.3 is 15.4 Å². The second-order valence-corrected chi connectivity index (χ2v) is 6.75. The molecule has 0 saturated heterocycles. The molecule has 1 amide bonds. The Morgan fingerprint density at radius 2 is 2.08 bits per heavy atom. The summed E-state index contributed by atoms with van der Waals surface area (Å²) in [6, 6.07) is 2.66. The van der Waals surface area contributed by atoms with Crippen molar-refractivity contribution in [2.45, 2.75) is 20.3 Å². The summed E-state index contributed by atoms with van der Waals surface area (Å²) in [6.07, 6.45) is 0.968. The van der Waals surface area contributed by atoms with Gasteiger partial charge in [0, 0.05) is 18.0 Å². The van der Waals surface area contributed by atoms with Crippen molar-refractivity contribution in [3.8, 4) is 0 Å². The van der Waals surface area contributed by atoms with Crippen molar-refractivity contribution in [1.82, 2.24) is 4.98 Å². The average molecular weight is 383 g/mol. The molecule has 0 spiro atoms. The first-order chi connectivity index (χ1) is 12.3. The molecule has 26 heavy (non-hydrogen) atoms. The van der Waals surface area contributed by atoms with Crippen LogP contribution < -0.4 is 10.6 Å². The van der Waals surface area contributed by atoms with Crippen molar-refractivity contribution in [2.24, 2.45) is 5.92 Å². The highest BCUT2D eigenvalue weighted by Crippen LogP contribution is 2.17. The predicted octanol–water partition coefficient (Wildman–Crippen LogP) is 3.67. The minimum atomic E-state index is -0.789. The lowest BCUT2D eigenvalue weighted by atomic mass is 10.1. The van der Waals surface area contributed by atoms with E-state index < -0.39 is 30.1 Å². The van der Waals surface area contributed by atoms with Crippen molar-refractivity contribution in [2.75, 3.05) is 23.8 Å². The minimum Gasteiger partial charge on any atom is -0.451 e. The molecule has 9 heteroatoms. The van der Waals surface area contributed by atoms with Crippen LogP contribution in [0.25, 0.3) is 0 Å². The number of amides is 1. The van der Waals surface area contributed by atoms with Gasteiger partial charge in [-0.05, 0) is 24.5 Å². The van der Waals surface area contributed by atoms with Crippen LogP contribution in [0.2, 0.25) is 0 Å². The summed E-state index contributed by atoms with van der Waals surface area (Å²) in [5.74, 6) is -2.49. The molecule has 0 aliphatic carbocycles. The van der Waals surface area contributed by atoms with Gasteiger partial charge in [0.05, 0.1) is 5.69 Å². The Balaban J connectivity index is 1.81. The average Bonchev–Trinajstić information content (AvgIpc) is 3.04. The molecule has 2 N–H and O–H groups in total. The van der Waals surface area contributed by atoms with Crippen LogP contribution in [-0.4, -0.2) is 30.0 Å². The molecule has 1 aromatic heterocycles. The summed E-state index contributed by atoms with van der Waals surface area (Å²) in [5.41, 5.74) is -0.247. The van der Waals surface area contributed by atoms with Gasteiger partial charge in [-0.2, -0.15) is 0 Å². The first-order valence-electron chi connectivity index (χ1n) is 7.96. The van der Waals surface area contributed by atoms with Crippen LogP contribution in [0.5, 0.6) is 0 Å². The SMILES string of the molecule is CC(C)CCNc1nc(C(=O)OCC(=O)Nc2cc(F)ccc2F)cs1. The molecule has 1 aromatic carbocycles. The van der Waals surface area contributed by atoms with Gasteiger partial charge in [0.15, 0.2) is 17.4 Å². The fourth-order valence-corrected chi connectivity index (χ4v) is 2.61. The van der Waals surface area contributed by atoms with E-state index in [4.69, 9.17) is 4.74 Å². The number of anilines is 2. The minimum absolute atomic E-state index is 0.0757. The van der Waals surface area contributed by atoms with Gasteiger partial charge in [-0.15, -0.1) is 11.3 Å². The van der Waals surface area contributed by atoms with Gasteiger partial charge in [0.25, 0.3) is 5.91 Å². The van der Waals surface area contributed by atoms with Gasteiger partial charge in [-0.3, -0.25) is 4.79 Å². The van der Waals surface area contributed by atoms with Gasteiger partial charge in [-0.25, -0.2) is 18.6 Å². The topological polar surface area (TPSA) is 80.3 Å². The molecule has 0 unspecified atom stereocenters. The lowest BCUT2D eigenvalue weighted by molar-refractivity contribution is -0.119. The molecule has 1 heterocycles. The number of hydrogen-bond donors (Lipinski definition) is 2. The standard InChI is InChI=1S/C17H19F2N3O3S/c1-10(2)5-6-20-17-22-14(9-26-17)16(24)25-8-15(23)21-13-7-11(18)3-4-12(13)19/h3-4,7,9-10H,5-6,8H2,1-2H3,(H,20,22)(H,21,23). The van der Waals surface area contributed by atoms with Gasteiger partial charge in [0.1, 0.15) is 11.6 Å². The second kappa shape index (κ2) is 9.23. The van der Waals surface area contributed by atoms with Crippen molar-refractivity contribution >= 4 is 34.0 Å². The maximum absolute atomic E-state index is 13.4. The Kier molecular flexibility index (Phi) is 7.02. The summed E-state index contributed by atoms with van der Waals surface area (Å²) in [6.45, 7) is 4.31. The quantitative estimate of drug-likeness (QED) is 0.680. The summed E-state index contributed by atoms with van der Waals surface area (Å²) >= 11 is 1.26. The first kappa shape index (κ1) is 19.8. The number of esters is 1. The van der Waals surface area contributed by atoms with Crippen molar-refractivity contribution in [3.63, 3.8) is 0 Å². The van der Waals surface area contributed by atoms with E-state index in [9.17, 15) is 18.4 Å². The normalized spacial score (nSPS) is 10.7. The highest BCUT2D eigenvalue weighted by molar-refractivity contribution is 7.13. The Bertz CT molecular complexity index is 780. The number of rotatable bonds is 8. The van der Waals surface area contributed by atoms with E-state index in [1.54, 1.807) is 0 Å². The number of thiazole rings is 1. The monoisotopic (exact) mass is 383 g/mol. The van der Waals surface area contributed by atoms with Crippen LogP contribution in [0, 0.1) is 17.6 Å².